The van der Waals surface area contributed by atoms with Crippen molar-refractivity contribution in [3.05, 3.63) is 92.7 Å². The molecule has 1 fully saturated rings. The Labute approximate surface area is 250 Å². The Bertz CT molecular complexity index is 1520. The molecule has 0 atom stereocenters. The summed E-state index contributed by atoms with van der Waals surface area (Å²) in [7, 11) is 1.53. The van der Waals surface area contributed by atoms with Crippen molar-refractivity contribution in [3.8, 4) is 23.0 Å². The van der Waals surface area contributed by atoms with Gasteiger partial charge in [-0.3, -0.25) is 19.8 Å². The highest BCUT2D eigenvalue weighted by atomic mass is 32.1. The Morgan fingerprint density at radius 1 is 0.952 bits per heavy atom. The lowest BCUT2D eigenvalue weighted by molar-refractivity contribution is -0.386. The summed E-state index contributed by atoms with van der Waals surface area (Å²) < 4.78 is 22.6. The molecule has 0 radical (unpaired) electrons. The first-order valence-electron chi connectivity index (χ1n) is 13.5. The molecule has 4 rings (SSSR count). The number of methoxy groups -OCH3 is 1. The van der Waals surface area contributed by atoms with E-state index in [1.807, 2.05) is 38.1 Å². The van der Waals surface area contributed by atoms with Crippen LogP contribution in [-0.2, 0) is 17.8 Å². The molecule has 42 heavy (non-hydrogen) atoms. The van der Waals surface area contributed by atoms with Crippen molar-refractivity contribution >= 4 is 35.0 Å². The zero-order valence-electron chi connectivity index (χ0n) is 24.0. The van der Waals surface area contributed by atoms with Crippen molar-refractivity contribution in [3.63, 3.8) is 0 Å². The van der Waals surface area contributed by atoms with Crippen LogP contribution in [0.4, 0.5) is 5.69 Å². The van der Waals surface area contributed by atoms with Gasteiger partial charge < -0.3 is 24.3 Å². The molecule has 0 aromatic heterocycles. The van der Waals surface area contributed by atoms with E-state index in [0.29, 0.717) is 65.4 Å². The third-order valence-electron chi connectivity index (χ3n) is 6.50. The Hall–Kier alpha value is -4.64. The van der Waals surface area contributed by atoms with Crippen LogP contribution in [-0.4, -0.2) is 47.7 Å². The Morgan fingerprint density at radius 2 is 1.67 bits per heavy atom. The largest absolute Gasteiger partial charge is 0.496 e. The van der Waals surface area contributed by atoms with Gasteiger partial charge in [0.1, 0.15) is 18.1 Å². The first-order chi connectivity index (χ1) is 20.2. The lowest BCUT2D eigenvalue weighted by atomic mass is 10.1. The predicted molar refractivity (Wildman–Crippen MR) is 163 cm³/mol. The average Bonchev–Trinajstić information content (AvgIpc) is 3.23. The number of nitrogens with one attached hydrogen (secondary N) is 1. The molecule has 0 aliphatic carbocycles. The molecule has 1 aliphatic rings. The van der Waals surface area contributed by atoms with Crippen molar-refractivity contribution < 1.29 is 28.7 Å². The lowest BCUT2D eigenvalue weighted by Gasteiger charge is -2.16. The molecule has 11 heteroatoms. The van der Waals surface area contributed by atoms with Crippen molar-refractivity contribution in [1.82, 2.24) is 10.2 Å². The van der Waals surface area contributed by atoms with Gasteiger partial charge >= 0.3 is 5.69 Å². The molecular formula is C31H33N3O7S. The number of ether oxygens (including phenoxy) is 4. The van der Waals surface area contributed by atoms with Gasteiger partial charge in [-0.25, -0.2) is 0 Å². The predicted octanol–water partition coefficient (Wildman–Crippen LogP) is 5.59. The van der Waals surface area contributed by atoms with Crippen LogP contribution in [0.1, 0.15) is 36.1 Å². The standard InChI is InChI=1S/C31H33N3O7S/c1-5-39-28-12-8-21(18-29(28)40-6-2)13-14-33-30(35)24(32-31(33)42)17-22-9-11-26(38-4)23(16-22)19-41-27-10-7-20(3)15-25(27)34(36)37/h7-12,15-18H,5-6,13-14,19H2,1-4H3,(H,32,42)/b24-17+. The third kappa shape index (κ3) is 7.16. The number of carbonyl (C=O) groups excluding carboxylic acids is 1. The lowest BCUT2D eigenvalue weighted by Crippen LogP contribution is -2.32. The van der Waals surface area contributed by atoms with Gasteiger partial charge in [0.25, 0.3) is 5.91 Å². The smallest absolute Gasteiger partial charge is 0.311 e. The highest BCUT2D eigenvalue weighted by Gasteiger charge is 2.30. The van der Waals surface area contributed by atoms with Crippen LogP contribution in [0.2, 0.25) is 0 Å². The minimum atomic E-state index is -0.472. The highest BCUT2D eigenvalue weighted by molar-refractivity contribution is 7.80. The summed E-state index contributed by atoms with van der Waals surface area (Å²) in [5.74, 6) is 1.83. The summed E-state index contributed by atoms with van der Waals surface area (Å²) in [5.41, 5.74) is 3.35. The summed E-state index contributed by atoms with van der Waals surface area (Å²) in [6.07, 6.45) is 2.28. The zero-order chi connectivity index (χ0) is 30.2. The molecule has 220 valence electrons. The van der Waals surface area contributed by atoms with Gasteiger partial charge in [-0.1, -0.05) is 18.2 Å². The molecule has 0 saturated carbocycles. The van der Waals surface area contributed by atoms with Crippen LogP contribution >= 0.6 is 12.2 Å². The maximum atomic E-state index is 13.2. The normalized spacial score (nSPS) is 13.7. The quantitative estimate of drug-likeness (QED) is 0.118. The second kappa shape index (κ2) is 13.8. The van der Waals surface area contributed by atoms with Gasteiger partial charge in [0.2, 0.25) is 0 Å². The Balaban J connectivity index is 1.47. The molecule has 0 bridgehead atoms. The van der Waals surface area contributed by atoms with Gasteiger partial charge in [-0.15, -0.1) is 0 Å². The molecule has 1 saturated heterocycles. The molecule has 0 spiro atoms. The SMILES string of the molecule is CCOc1ccc(CCN2C(=O)/C(=C\c3ccc(OC)c(COc4ccc(C)cc4[N+](=O)[O-])c3)NC2=S)cc1OCC. The van der Waals surface area contributed by atoms with E-state index < -0.39 is 4.92 Å². The fourth-order valence-corrected chi connectivity index (χ4v) is 4.77. The molecule has 10 nitrogen and oxygen atoms in total. The summed E-state index contributed by atoms with van der Waals surface area (Å²) in [4.78, 5) is 25.8. The summed E-state index contributed by atoms with van der Waals surface area (Å²) >= 11 is 5.47. The van der Waals surface area contributed by atoms with Crippen LogP contribution in [0, 0.1) is 17.0 Å². The van der Waals surface area contributed by atoms with E-state index in [0.717, 1.165) is 11.1 Å². The fourth-order valence-electron chi connectivity index (χ4n) is 4.48. The maximum Gasteiger partial charge on any atom is 0.311 e. The van der Waals surface area contributed by atoms with E-state index in [4.69, 9.17) is 31.2 Å². The number of benzene rings is 3. The number of hydrogen-bond acceptors (Lipinski definition) is 8. The summed E-state index contributed by atoms with van der Waals surface area (Å²) in [6.45, 7) is 7.08. The molecule has 3 aromatic carbocycles. The van der Waals surface area contributed by atoms with E-state index >= 15 is 0 Å². The number of nitro groups is 1. The van der Waals surface area contributed by atoms with E-state index in [2.05, 4.69) is 5.32 Å². The van der Waals surface area contributed by atoms with Crippen LogP contribution in [0.25, 0.3) is 6.08 Å². The molecule has 1 heterocycles. The van der Waals surface area contributed by atoms with Crippen molar-refractivity contribution in [2.24, 2.45) is 0 Å². The molecule has 0 unspecified atom stereocenters. The van der Waals surface area contributed by atoms with Gasteiger partial charge in [0.05, 0.1) is 25.2 Å². The van der Waals surface area contributed by atoms with Gasteiger partial charge in [0.15, 0.2) is 22.4 Å². The van der Waals surface area contributed by atoms with Gasteiger partial charge in [-0.05, 0) is 92.5 Å². The number of thiocarbonyl (C=S) groups is 1. The second-order valence-corrected chi connectivity index (χ2v) is 9.82. The first-order valence-corrected chi connectivity index (χ1v) is 13.9. The fraction of sp³-hybridized carbons (Fsp3) is 0.290. The first kappa shape index (κ1) is 30.3. The van der Waals surface area contributed by atoms with Crippen LogP contribution < -0.4 is 24.3 Å². The second-order valence-electron chi connectivity index (χ2n) is 9.43. The number of hydrogen-bond donors (Lipinski definition) is 1. The number of rotatable bonds is 13. The van der Waals surface area contributed by atoms with Crippen LogP contribution in [0.3, 0.4) is 0 Å². The van der Waals surface area contributed by atoms with Crippen molar-refractivity contribution in [2.75, 3.05) is 26.9 Å². The maximum absolute atomic E-state index is 13.2. The van der Waals surface area contributed by atoms with E-state index in [1.54, 1.807) is 37.3 Å². The summed E-state index contributed by atoms with van der Waals surface area (Å²) in [5, 5.41) is 14.8. The average molecular weight is 592 g/mol. The van der Waals surface area contributed by atoms with Crippen molar-refractivity contribution in [1.29, 1.82) is 0 Å². The third-order valence-corrected chi connectivity index (χ3v) is 6.83. The number of carbonyl (C=O) groups is 1. The molecule has 1 aliphatic heterocycles. The van der Waals surface area contributed by atoms with Gasteiger partial charge in [-0.2, -0.15) is 0 Å². The number of nitro benzene ring substituents is 1. The van der Waals surface area contributed by atoms with Crippen LogP contribution in [0.5, 0.6) is 23.0 Å². The topological polar surface area (TPSA) is 112 Å². The van der Waals surface area contributed by atoms with Gasteiger partial charge in [0, 0.05) is 18.2 Å². The zero-order valence-corrected chi connectivity index (χ0v) is 24.8. The number of aryl methyl sites for hydroxylation is 1. The number of amides is 1. The van der Waals surface area contributed by atoms with E-state index in [1.165, 1.54) is 18.1 Å². The molecule has 1 N–H and O–H groups in total. The Kier molecular flexibility index (Phi) is 9.98. The molecule has 3 aromatic rings. The van der Waals surface area contributed by atoms with E-state index in [9.17, 15) is 14.9 Å². The highest BCUT2D eigenvalue weighted by Crippen LogP contribution is 2.31. The van der Waals surface area contributed by atoms with Crippen LogP contribution in [0.15, 0.2) is 60.3 Å². The monoisotopic (exact) mass is 591 g/mol. The Morgan fingerprint density at radius 3 is 2.38 bits per heavy atom. The van der Waals surface area contributed by atoms with Crippen molar-refractivity contribution in [2.45, 2.75) is 33.8 Å². The molecule has 1 amide bonds. The number of nitrogens with zero attached hydrogens (tertiary/aromatic N) is 2. The molecular weight excluding hydrogens is 558 g/mol. The minimum absolute atomic E-state index is 0.0296. The summed E-state index contributed by atoms with van der Waals surface area (Å²) in [6, 6.07) is 15.9. The minimum Gasteiger partial charge on any atom is -0.496 e. The van der Waals surface area contributed by atoms with E-state index in [-0.39, 0.29) is 24.0 Å².